The number of benzene rings is 1. The van der Waals surface area contributed by atoms with Gasteiger partial charge in [0.1, 0.15) is 5.75 Å². The minimum absolute atomic E-state index is 0.151. The quantitative estimate of drug-likeness (QED) is 0.842. The maximum Gasteiger partial charge on any atom is 0.296 e. The summed E-state index contributed by atoms with van der Waals surface area (Å²) >= 11 is 0. The van der Waals surface area contributed by atoms with E-state index in [1.165, 1.54) is 5.56 Å². The highest BCUT2D eigenvalue weighted by atomic mass is 16.3. The van der Waals surface area contributed by atoms with E-state index in [0.717, 1.165) is 17.2 Å². The summed E-state index contributed by atoms with van der Waals surface area (Å²) in [7, 11) is 0. The Morgan fingerprint density at radius 3 is 1.91 bits per heavy atom. The van der Waals surface area contributed by atoms with Crippen LogP contribution >= 0.6 is 0 Å². The van der Waals surface area contributed by atoms with Gasteiger partial charge in [-0.15, -0.1) is 0 Å². The van der Waals surface area contributed by atoms with Crippen molar-refractivity contribution in [2.75, 3.05) is 0 Å². The van der Waals surface area contributed by atoms with Crippen LogP contribution in [0.5, 0.6) is 5.75 Å². The topological polar surface area (TPSA) is 70.2 Å². The summed E-state index contributed by atoms with van der Waals surface area (Å²) in [6, 6.07) is 2.91. The van der Waals surface area contributed by atoms with Crippen LogP contribution in [0.2, 0.25) is 0 Å². The second-order valence-electron chi connectivity index (χ2n) is 7.03. The average Bonchev–Trinajstić information content (AvgIpc) is 2.54. The van der Waals surface area contributed by atoms with Gasteiger partial charge >= 0.3 is 0 Å². The first-order valence-corrected chi connectivity index (χ1v) is 8.12. The lowest BCUT2D eigenvalue weighted by atomic mass is 9.81. The first-order valence-electron chi connectivity index (χ1n) is 8.12. The van der Waals surface area contributed by atoms with E-state index in [2.05, 4.69) is 46.5 Å². The Labute approximate surface area is 136 Å². The van der Waals surface area contributed by atoms with Gasteiger partial charge in [0.2, 0.25) is 5.43 Å². The molecule has 0 bridgehead atoms. The van der Waals surface area contributed by atoms with E-state index in [0.29, 0.717) is 10.9 Å². The molecule has 0 aliphatic rings. The molecule has 0 aliphatic heterocycles. The van der Waals surface area contributed by atoms with Crippen LogP contribution in [0, 0.1) is 0 Å². The highest BCUT2D eigenvalue weighted by molar-refractivity contribution is 5.89. The molecule has 4 heteroatoms. The molecule has 2 aromatic rings. The van der Waals surface area contributed by atoms with E-state index in [4.69, 9.17) is 0 Å². The molecule has 0 unspecified atom stereocenters. The third-order valence-electron chi connectivity index (χ3n) is 4.22. The van der Waals surface area contributed by atoms with E-state index in [1.54, 1.807) is 0 Å². The van der Waals surface area contributed by atoms with Crippen molar-refractivity contribution in [1.29, 1.82) is 0 Å². The van der Waals surface area contributed by atoms with Crippen molar-refractivity contribution in [2.45, 2.75) is 59.3 Å². The van der Waals surface area contributed by atoms with Crippen molar-refractivity contribution in [2.24, 2.45) is 0 Å². The smallest absolute Gasteiger partial charge is 0.296 e. The van der Waals surface area contributed by atoms with E-state index >= 15 is 0 Å². The lowest BCUT2D eigenvalue weighted by Gasteiger charge is -2.24. The van der Waals surface area contributed by atoms with E-state index in [9.17, 15) is 14.7 Å². The van der Waals surface area contributed by atoms with Crippen LogP contribution in [0.25, 0.3) is 10.9 Å². The normalized spacial score (nSPS) is 11.9. The SMILES string of the molecule is CC(C)c1cc2c(O)cc(=O)c(=O)[nH]c2c(C(C)C)c1C(C)C. The molecule has 1 aromatic carbocycles. The number of rotatable bonds is 3. The summed E-state index contributed by atoms with van der Waals surface area (Å²) in [4.78, 5) is 26.5. The van der Waals surface area contributed by atoms with Gasteiger partial charge in [-0.05, 0) is 40.5 Å². The first kappa shape index (κ1) is 17.3. The Balaban J connectivity index is 3.20. The van der Waals surface area contributed by atoms with E-state index < -0.39 is 11.0 Å². The fourth-order valence-electron chi connectivity index (χ4n) is 3.24. The van der Waals surface area contributed by atoms with Crippen molar-refractivity contribution in [3.05, 3.63) is 49.4 Å². The minimum Gasteiger partial charge on any atom is -0.507 e. The van der Waals surface area contributed by atoms with Gasteiger partial charge in [-0.2, -0.15) is 0 Å². The van der Waals surface area contributed by atoms with Crippen molar-refractivity contribution < 1.29 is 5.11 Å². The fraction of sp³-hybridized carbons (Fsp3) is 0.474. The summed E-state index contributed by atoms with van der Waals surface area (Å²) in [5.41, 5.74) is 2.47. The number of H-pyrrole nitrogens is 1. The molecule has 0 spiro atoms. The molecule has 0 atom stereocenters. The molecule has 2 rings (SSSR count). The van der Waals surface area contributed by atoms with Gasteiger partial charge in [0, 0.05) is 11.5 Å². The van der Waals surface area contributed by atoms with Crippen molar-refractivity contribution >= 4 is 10.9 Å². The number of hydrogen-bond donors (Lipinski definition) is 2. The molecule has 1 heterocycles. The third kappa shape index (κ3) is 3.03. The number of nitrogens with one attached hydrogen (secondary N) is 1. The molecule has 2 N–H and O–H groups in total. The van der Waals surface area contributed by atoms with Crippen LogP contribution in [-0.2, 0) is 0 Å². The zero-order valence-electron chi connectivity index (χ0n) is 14.7. The maximum absolute atomic E-state index is 12.0. The van der Waals surface area contributed by atoms with Crippen LogP contribution in [0.4, 0.5) is 0 Å². The number of fused-ring (bicyclic) bond motifs is 1. The Hall–Kier alpha value is -2.10. The summed E-state index contributed by atoms with van der Waals surface area (Å²) in [6.45, 7) is 12.6. The van der Waals surface area contributed by atoms with Gasteiger partial charge < -0.3 is 10.1 Å². The van der Waals surface area contributed by atoms with E-state index in [1.807, 2.05) is 6.07 Å². The number of hydrogen-bond acceptors (Lipinski definition) is 3. The van der Waals surface area contributed by atoms with Crippen LogP contribution < -0.4 is 11.0 Å². The van der Waals surface area contributed by atoms with Crippen LogP contribution in [-0.4, -0.2) is 10.1 Å². The zero-order valence-corrected chi connectivity index (χ0v) is 14.7. The molecule has 1 aromatic heterocycles. The molecular formula is C19H25NO3. The van der Waals surface area contributed by atoms with E-state index in [-0.39, 0.29) is 23.5 Å². The standard InChI is InChI=1S/C19H25NO3/c1-9(2)12-7-13-14(21)8-15(22)19(23)20-18(13)17(11(5)6)16(12)10(3)4/h7-11,21H,1-6H3,(H,20,22,23). The second-order valence-corrected chi connectivity index (χ2v) is 7.03. The molecule has 0 radical (unpaired) electrons. The molecule has 4 nitrogen and oxygen atoms in total. The van der Waals surface area contributed by atoms with Crippen LogP contribution in [0.15, 0.2) is 21.7 Å². The molecule has 0 fully saturated rings. The summed E-state index contributed by atoms with van der Waals surface area (Å²) in [5, 5.41) is 10.8. The molecule has 23 heavy (non-hydrogen) atoms. The first-order chi connectivity index (χ1) is 10.6. The van der Waals surface area contributed by atoms with Gasteiger partial charge in [0.15, 0.2) is 0 Å². The zero-order chi connectivity index (χ0) is 17.5. The summed E-state index contributed by atoms with van der Waals surface area (Å²) in [5.74, 6) is 0.554. The fourth-order valence-corrected chi connectivity index (χ4v) is 3.24. The third-order valence-corrected chi connectivity index (χ3v) is 4.22. The van der Waals surface area contributed by atoms with Gasteiger partial charge in [0.25, 0.3) is 5.56 Å². The van der Waals surface area contributed by atoms with Crippen molar-refractivity contribution in [1.82, 2.24) is 4.98 Å². The van der Waals surface area contributed by atoms with Crippen LogP contribution in [0.3, 0.4) is 0 Å². The Morgan fingerprint density at radius 1 is 0.870 bits per heavy atom. The highest BCUT2D eigenvalue weighted by Gasteiger charge is 2.21. The number of aromatic hydroxyl groups is 1. The lowest BCUT2D eigenvalue weighted by molar-refractivity contribution is 0.481. The Bertz CT molecular complexity index is 861. The predicted octanol–water partition coefficient (Wildman–Crippen LogP) is 3.96. The predicted molar refractivity (Wildman–Crippen MR) is 94.8 cm³/mol. The molecule has 124 valence electrons. The van der Waals surface area contributed by atoms with Gasteiger partial charge in [-0.1, -0.05) is 41.5 Å². The summed E-state index contributed by atoms with van der Waals surface area (Å²) < 4.78 is 0. The average molecular weight is 315 g/mol. The molecular weight excluding hydrogens is 290 g/mol. The monoisotopic (exact) mass is 315 g/mol. The number of aromatic amines is 1. The lowest BCUT2D eigenvalue weighted by Crippen LogP contribution is -2.22. The van der Waals surface area contributed by atoms with Gasteiger partial charge in [-0.25, -0.2) is 0 Å². The highest BCUT2D eigenvalue weighted by Crippen LogP contribution is 2.39. The Kier molecular flexibility index (Phi) is 4.64. The maximum atomic E-state index is 12.0. The van der Waals surface area contributed by atoms with Gasteiger partial charge in [-0.3, -0.25) is 9.59 Å². The van der Waals surface area contributed by atoms with Crippen molar-refractivity contribution in [3.8, 4) is 5.75 Å². The molecule has 0 saturated heterocycles. The minimum atomic E-state index is -0.731. The van der Waals surface area contributed by atoms with Crippen molar-refractivity contribution in [3.63, 3.8) is 0 Å². The Morgan fingerprint density at radius 2 is 1.43 bits per heavy atom. The number of aromatic nitrogens is 1. The molecule has 0 aliphatic carbocycles. The molecule has 0 saturated carbocycles. The summed E-state index contributed by atoms with van der Waals surface area (Å²) in [6.07, 6.45) is 0. The second kappa shape index (κ2) is 6.19. The molecule has 0 amide bonds. The largest absolute Gasteiger partial charge is 0.507 e. The van der Waals surface area contributed by atoms with Gasteiger partial charge in [0.05, 0.1) is 5.52 Å². The van der Waals surface area contributed by atoms with Crippen LogP contribution in [0.1, 0.15) is 76.0 Å².